The highest BCUT2D eigenvalue weighted by Gasteiger charge is 2.23. The second kappa shape index (κ2) is 5.19. The zero-order valence-electron chi connectivity index (χ0n) is 12.1. The fourth-order valence-electron chi connectivity index (χ4n) is 2.94. The molecule has 0 saturated carbocycles. The van der Waals surface area contributed by atoms with Crippen LogP contribution < -0.4 is 15.0 Å². The molecule has 100 valence electrons. The summed E-state index contributed by atoms with van der Waals surface area (Å²) in [4.78, 5) is 2.43. The van der Waals surface area contributed by atoms with Gasteiger partial charge in [-0.05, 0) is 56.5 Å². The van der Waals surface area contributed by atoms with Crippen molar-refractivity contribution in [3.05, 3.63) is 22.8 Å². The van der Waals surface area contributed by atoms with Crippen LogP contribution in [0.4, 0.5) is 5.69 Å². The largest absolute Gasteiger partial charge is 0.496 e. The van der Waals surface area contributed by atoms with E-state index in [1.165, 1.54) is 28.8 Å². The summed E-state index contributed by atoms with van der Waals surface area (Å²) in [5.41, 5.74) is 5.24. The molecule has 18 heavy (non-hydrogen) atoms. The highest BCUT2D eigenvalue weighted by Crippen LogP contribution is 2.34. The average Bonchev–Trinajstić information content (AvgIpc) is 2.87. The van der Waals surface area contributed by atoms with Gasteiger partial charge >= 0.3 is 0 Å². The summed E-state index contributed by atoms with van der Waals surface area (Å²) < 4.78 is 5.44. The number of nitrogens with one attached hydrogen (secondary N) is 1. The minimum Gasteiger partial charge on any atom is -0.496 e. The maximum atomic E-state index is 5.44. The Morgan fingerprint density at radius 2 is 2.00 bits per heavy atom. The van der Waals surface area contributed by atoms with Crippen molar-refractivity contribution in [2.75, 3.05) is 32.1 Å². The molecule has 3 nitrogen and oxygen atoms in total. The fourth-order valence-corrected chi connectivity index (χ4v) is 2.94. The van der Waals surface area contributed by atoms with Gasteiger partial charge in [0.2, 0.25) is 0 Å². The standard InChI is InChI=1S/C15H24N2O/c1-10-8-14(18-5)11(2)12(3)15(10)17(4)13-6-7-16-9-13/h8,13,16H,6-7,9H2,1-5H3. The van der Waals surface area contributed by atoms with Crippen LogP contribution in [0.1, 0.15) is 23.1 Å². The fraction of sp³-hybridized carbons (Fsp3) is 0.600. The zero-order valence-corrected chi connectivity index (χ0v) is 12.1. The average molecular weight is 248 g/mol. The second-order valence-electron chi connectivity index (χ2n) is 5.25. The maximum absolute atomic E-state index is 5.44. The molecule has 0 amide bonds. The first-order valence-corrected chi connectivity index (χ1v) is 6.64. The predicted octanol–water partition coefficient (Wildman–Crippen LogP) is 2.42. The minimum atomic E-state index is 0.607. The summed E-state index contributed by atoms with van der Waals surface area (Å²) in [6.07, 6.45) is 1.22. The summed E-state index contributed by atoms with van der Waals surface area (Å²) >= 11 is 0. The van der Waals surface area contributed by atoms with Crippen molar-refractivity contribution in [1.82, 2.24) is 5.32 Å². The second-order valence-corrected chi connectivity index (χ2v) is 5.25. The third-order valence-electron chi connectivity index (χ3n) is 4.16. The number of ether oxygens (including phenoxy) is 1. The molecule has 1 aliphatic rings. The number of likely N-dealkylation sites (N-methyl/N-ethyl adjacent to an activating group) is 1. The Labute approximate surface area is 110 Å². The van der Waals surface area contributed by atoms with Crippen molar-refractivity contribution < 1.29 is 4.74 Å². The van der Waals surface area contributed by atoms with E-state index in [1.807, 2.05) is 0 Å². The van der Waals surface area contributed by atoms with Crippen LogP contribution in [0.25, 0.3) is 0 Å². The molecule has 0 radical (unpaired) electrons. The van der Waals surface area contributed by atoms with Crippen LogP contribution in [-0.2, 0) is 0 Å². The van der Waals surface area contributed by atoms with Crippen molar-refractivity contribution >= 4 is 5.69 Å². The monoisotopic (exact) mass is 248 g/mol. The van der Waals surface area contributed by atoms with Gasteiger partial charge in [0, 0.05) is 25.3 Å². The lowest BCUT2D eigenvalue weighted by molar-refractivity contribution is 0.411. The first-order chi connectivity index (χ1) is 8.56. The van der Waals surface area contributed by atoms with E-state index in [0.717, 1.165) is 18.8 Å². The molecular weight excluding hydrogens is 224 g/mol. The number of hydrogen-bond acceptors (Lipinski definition) is 3. The molecule has 0 aliphatic carbocycles. The maximum Gasteiger partial charge on any atom is 0.122 e. The van der Waals surface area contributed by atoms with E-state index in [4.69, 9.17) is 4.74 Å². The van der Waals surface area contributed by atoms with Gasteiger partial charge in [0.15, 0.2) is 0 Å². The molecule has 1 N–H and O–H groups in total. The Kier molecular flexibility index (Phi) is 3.81. The van der Waals surface area contributed by atoms with Gasteiger partial charge in [-0.3, -0.25) is 0 Å². The number of methoxy groups -OCH3 is 1. The molecule has 1 heterocycles. The molecule has 1 atom stereocenters. The van der Waals surface area contributed by atoms with Crippen molar-refractivity contribution in [1.29, 1.82) is 0 Å². The summed E-state index contributed by atoms with van der Waals surface area (Å²) in [5, 5.41) is 3.43. The Morgan fingerprint density at radius 3 is 2.56 bits per heavy atom. The molecular formula is C15H24N2O. The van der Waals surface area contributed by atoms with Crippen LogP contribution >= 0.6 is 0 Å². The van der Waals surface area contributed by atoms with E-state index < -0.39 is 0 Å². The Hall–Kier alpha value is -1.22. The van der Waals surface area contributed by atoms with E-state index in [0.29, 0.717) is 6.04 Å². The summed E-state index contributed by atoms with van der Waals surface area (Å²) in [6.45, 7) is 8.71. The normalized spacial score (nSPS) is 19.1. The van der Waals surface area contributed by atoms with Crippen LogP contribution in [0, 0.1) is 20.8 Å². The SMILES string of the molecule is COc1cc(C)c(N(C)C2CCNC2)c(C)c1C. The Morgan fingerprint density at radius 1 is 1.28 bits per heavy atom. The molecule has 0 bridgehead atoms. The van der Waals surface area contributed by atoms with Crippen LogP contribution in [-0.4, -0.2) is 33.3 Å². The first kappa shape index (κ1) is 13.2. The molecule has 1 aromatic rings. The number of benzene rings is 1. The molecule has 0 aromatic heterocycles. The summed E-state index contributed by atoms with van der Waals surface area (Å²) in [7, 11) is 3.95. The molecule has 1 unspecified atom stereocenters. The number of hydrogen-bond donors (Lipinski definition) is 1. The van der Waals surface area contributed by atoms with Crippen LogP contribution in [0.15, 0.2) is 6.07 Å². The molecule has 0 spiro atoms. The highest BCUT2D eigenvalue weighted by molar-refractivity contribution is 5.65. The molecule has 1 aliphatic heterocycles. The third kappa shape index (κ3) is 2.19. The first-order valence-electron chi connectivity index (χ1n) is 6.64. The summed E-state index contributed by atoms with van der Waals surface area (Å²) in [6, 6.07) is 2.76. The van der Waals surface area contributed by atoms with Crippen LogP contribution in [0.5, 0.6) is 5.75 Å². The lowest BCUT2D eigenvalue weighted by Crippen LogP contribution is -2.34. The highest BCUT2D eigenvalue weighted by atomic mass is 16.5. The number of rotatable bonds is 3. The van der Waals surface area contributed by atoms with Crippen molar-refractivity contribution in [3.8, 4) is 5.75 Å². The van der Waals surface area contributed by atoms with Crippen LogP contribution in [0.3, 0.4) is 0 Å². The van der Waals surface area contributed by atoms with Gasteiger partial charge in [-0.1, -0.05) is 0 Å². The molecule has 3 heteroatoms. The third-order valence-corrected chi connectivity index (χ3v) is 4.16. The number of aryl methyl sites for hydroxylation is 1. The van der Waals surface area contributed by atoms with Gasteiger partial charge in [-0.15, -0.1) is 0 Å². The zero-order chi connectivity index (χ0) is 13.3. The van der Waals surface area contributed by atoms with E-state index in [1.54, 1.807) is 7.11 Å². The van der Waals surface area contributed by atoms with Gasteiger partial charge in [0.1, 0.15) is 5.75 Å². The van der Waals surface area contributed by atoms with E-state index in [-0.39, 0.29) is 0 Å². The molecule has 2 rings (SSSR count). The Bertz CT molecular complexity index is 437. The summed E-state index contributed by atoms with van der Waals surface area (Å²) in [5.74, 6) is 0.992. The van der Waals surface area contributed by atoms with Gasteiger partial charge in [-0.25, -0.2) is 0 Å². The van der Waals surface area contributed by atoms with E-state index >= 15 is 0 Å². The molecule has 1 aromatic carbocycles. The van der Waals surface area contributed by atoms with Crippen molar-refractivity contribution in [3.63, 3.8) is 0 Å². The Balaban J connectivity index is 2.40. The van der Waals surface area contributed by atoms with Gasteiger partial charge in [0.05, 0.1) is 7.11 Å². The predicted molar refractivity (Wildman–Crippen MR) is 76.9 cm³/mol. The van der Waals surface area contributed by atoms with Gasteiger partial charge in [-0.2, -0.15) is 0 Å². The quantitative estimate of drug-likeness (QED) is 0.889. The molecule has 1 fully saturated rings. The van der Waals surface area contributed by atoms with E-state index in [2.05, 4.69) is 44.1 Å². The lowest BCUT2D eigenvalue weighted by Gasteiger charge is -2.30. The minimum absolute atomic E-state index is 0.607. The smallest absolute Gasteiger partial charge is 0.122 e. The topological polar surface area (TPSA) is 24.5 Å². The van der Waals surface area contributed by atoms with E-state index in [9.17, 15) is 0 Å². The van der Waals surface area contributed by atoms with Crippen molar-refractivity contribution in [2.24, 2.45) is 0 Å². The lowest BCUT2D eigenvalue weighted by atomic mass is 10.00. The van der Waals surface area contributed by atoms with Crippen LogP contribution in [0.2, 0.25) is 0 Å². The van der Waals surface area contributed by atoms with Gasteiger partial charge in [0.25, 0.3) is 0 Å². The van der Waals surface area contributed by atoms with Crippen molar-refractivity contribution in [2.45, 2.75) is 33.2 Å². The number of nitrogens with zero attached hydrogens (tertiary/aromatic N) is 1. The van der Waals surface area contributed by atoms with Gasteiger partial charge < -0.3 is 15.0 Å². The number of anilines is 1. The molecule has 1 saturated heterocycles.